The molecule has 1 heterocycles. The maximum Gasteiger partial charge on any atom is 0.336 e. The number of aromatic carboxylic acids is 1. The van der Waals surface area contributed by atoms with Crippen LogP contribution in [0.5, 0.6) is 11.5 Å². The SMILES string of the molecule is COc1ccc(CC(=O)Nc2ccc3c(c2)OCC(=O)N3Cc2ccc(-c3ccccc3C(=O)O)cc2)cc1. The molecule has 0 aliphatic carbocycles. The summed E-state index contributed by atoms with van der Waals surface area (Å²) < 4.78 is 10.8. The van der Waals surface area contributed by atoms with Gasteiger partial charge in [-0.25, -0.2) is 4.79 Å². The first-order valence-corrected chi connectivity index (χ1v) is 12.3. The van der Waals surface area contributed by atoms with Crippen molar-refractivity contribution in [2.24, 2.45) is 0 Å². The maximum absolute atomic E-state index is 12.7. The van der Waals surface area contributed by atoms with E-state index in [0.717, 1.165) is 22.4 Å². The van der Waals surface area contributed by atoms with E-state index in [-0.39, 0.29) is 30.4 Å². The van der Waals surface area contributed by atoms with E-state index in [1.165, 1.54) is 0 Å². The lowest BCUT2D eigenvalue weighted by molar-refractivity contribution is -0.121. The highest BCUT2D eigenvalue weighted by atomic mass is 16.5. The molecular weight excluding hydrogens is 496 g/mol. The minimum atomic E-state index is -0.985. The van der Waals surface area contributed by atoms with E-state index in [1.807, 2.05) is 48.5 Å². The fourth-order valence-electron chi connectivity index (χ4n) is 4.48. The third-order valence-electron chi connectivity index (χ3n) is 6.47. The molecule has 2 N–H and O–H groups in total. The van der Waals surface area contributed by atoms with Crippen LogP contribution in [0.2, 0.25) is 0 Å². The monoisotopic (exact) mass is 522 g/mol. The molecule has 0 unspecified atom stereocenters. The highest BCUT2D eigenvalue weighted by Crippen LogP contribution is 2.36. The van der Waals surface area contributed by atoms with Crippen molar-refractivity contribution in [1.29, 1.82) is 0 Å². The molecule has 1 aliphatic heterocycles. The number of hydrogen-bond acceptors (Lipinski definition) is 5. The van der Waals surface area contributed by atoms with Gasteiger partial charge in [0.1, 0.15) is 11.5 Å². The molecule has 1 aliphatic rings. The molecule has 4 aromatic carbocycles. The van der Waals surface area contributed by atoms with E-state index >= 15 is 0 Å². The molecule has 0 atom stereocenters. The topological polar surface area (TPSA) is 105 Å². The lowest BCUT2D eigenvalue weighted by Crippen LogP contribution is -2.38. The van der Waals surface area contributed by atoms with Gasteiger partial charge in [-0.05, 0) is 52.6 Å². The van der Waals surface area contributed by atoms with Crippen LogP contribution in [-0.4, -0.2) is 36.6 Å². The first-order valence-electron chi connectivity index (χ1n) is 12.3. The molecule has 0 saturated carbocycles. The van der Waals surface area contributed by atoms with Crippen LogP contribution in [0.25, 0.3) is 11.1 Å². The summed E-state index contributed by atoms with van der Waals surface area (Å²) in [4.78, 5) is 38.5. The summed E-state index contributed by atoms with van der Waals surface area (Å²) in [5, 5.41) is 12.4. The van der Waals surface area contributed by atoms with Gasteiger partial charge in [0.25, 0.3) is 5.91 Å². The van der Waals surface area contributed by atoms with Crippen molar-refractivity contribution in [2.45, 2.75) is 13.0 Å². The Hall–Kier alpha value is -5.11. The molecule has 0 bridgehead atoms. The zero-order valence-corrected chi connectivity index (χ0v) is 21.2. The summed E-state index contributed by atoms with van der Waals surface area (Å²) in [6, 6.07) is 26.8. The average Bonchev–Trinajstić information content (AvgIpc) is 2.95. The Morgan fingerprint density at radius 2 is 1.67 bits per heavy atom. The fourth-order valence-corrected chi connectivity index (χ4v) is 4.48. The van der Waals surface area contributed by atoms with Gasteiger partial charge < -0.3 is 24.8 Å². The second-order valence-electron chi connectivity index (χ2n) is 9.07. The second-order valence-corrected chi connectivity index (χ2v) is 9.07. The number of nitrogens with one attached hydrogen (secondary N) is 1. The van der Waals surface area contributed by atoms with Gasteiger partial charge in [0.05, 0.1) is 31.3 Å². The van der Waals surface area contributed by atoms with Crippen LogP contribution in [0.4, 0.5) is 11.4 Å². The second kappa shape index (κ2) is 11.1. The number of carbonyl (C=O) groups excluding carboxylic acids is 2. The van der Waals surface area contributed by atoms with Crippen molar-refractivity contribution < 1.29 is 29.0 Å². The molecule has 8 heteroatoms. The van der Waals surface area contributed by atoms with E-state index in [0.29, 0.717) is 29.2 Å². The molecule has 0 radical (unpaired) electrons. The number of carbonyl (C=O) groups is 3. The molecule has 2 amide bonds. The summed E-state index contributed by atoms with van der Waals surface area (Å²) in [6.45, 7) is 0.208. The van der Waals surface area contributed by atoms with Crippen LogP contribution >= 0.6 is 0 Å². The van der Waals surface area contributed by atoms with Crippen LogP contribution in [0.1, 0.15) is 21.5 Å². The van der Waals surface area contributed by atoms with E-state index in [1.54, 1.807) is 54.5 Å². The standard InChI is InChI=1S/C31H26N2O6/c1-38-24-13-8-20(9-14-24)16-29(34)32-23-12-15-27-28(17-23)39-19-30(35)33(27)18-21-6-10-22(11-7-21)25-4-2-3-5-26(25)31(36)37/h2-15,17H,16,18-19H2,1H3,(H,32,34)(H,36,37). The van der Waals surface area contributed by atoms with Crippen LogP contribution in [0, 0.1) is 0 Å². The summed E-state index contributed by atoms with van der Waals surface area (Å²) in [5.74, 6) is -0.109. The first-order chi connectivity index (χ1) is 18.9. The van der Waals surface area contributed by atoms with Crippen LogP contribution < -0.4 is 19.7 Å². The quantitative estimate of drug-likeness (QED) is 0.331. The van der Waals surface area contributed by atoms with E-state index in [4.69, 9.17) is 9.47 Å². The molecule has 39 heavy (non-hydrogen) atoms. The molecule has 0 aromatic heterocycles. The molecule has 8 nitrogen and oxygen atoms in total. The van der Waals surface area contributed by atoms with Crippen LogP contribution in [0.15, 0.2) is 91.0 Å². The van der Waals surface area contributed by atoms with Crippen LogP contribution in [0.3, 0.4) is 0 Å². The predicted molar refractivity (Wildman–Crippen MR) is 147 cm³/mol. The van der Waals surface area contributed by atoms with Crippen LogP contribution in [-0.2, 0) is 22.6 Å². The summed E-state index contributed by atoms with van der Waals surface area (Å²) in [5.41, 5.74) is 4.56. The lowest BCUT2D eigenvalue weighted by Gasteiger charge is -2.30. The Bertz CT molecular complexity index is 1530. The molecule has 196 valence electrons. The van der Waals surface area contributed by atoms with Crippen molar-refractivity contribution >= 4 is 29.2 Å². The van der Waals surface area contributed by atoms with Crippen molar-refractivity contribution in [3.05, 3.63) is 108 Å². The Morgan fingerprint density at radius 3 is 2.38 bits per heavy atom. The molecule has 0 saturated heterocycles. The van der Waals surface area contributed by atoms with Crippen molar-refractivity contribution in [3.63, 3.8) is 0 Å². The number of carboxylic acids is 1. The highest BCUT2D eigenvalue weighted by molar-refractivity contribution is 5.99. The van der Waals surface area contributed by atoms with Gasteiger partial charge in [-0.3, -0.25) is 9.59 Å². The maximum atomic E-state index is 12.7. The van der Waals surface area contributed by atoms with E-state index in [2.05, 4.69) is 5.32 Å². The third-order valence-corrected chi connectivity index (χ3v) is 6.47. The Kier molecular flexibility index (Phi) is 7.27. The number of fused-ring (bicyclic) bond motifs is 1. The fraction of sp³-hybridized carbons (Fsp3) is 0.129. The van der Waals surface area contributed by atoms with Crippen molar-refractivity contribution in [3.8, 4) is 22.6 Å². The number of nitrogens with zero attached hydrogens (tertiary/aromatic N) is 1. The molecule has 0 fully saturated rings. The highest BCUT2D eigenvalue weighted by Gasteiger charge is 2.26. The van der Waals surface area contributed by atoms with Gasteiger partial charge >= 0.3 is 5.97 Å². The largest absolute Gasteiger partial charge is 0.497 e. The third kappa shape index (κ3) is 5.75. The number of carboxylic acid groups (broad SMARTS) is 1. The van der Waals surface area contributed by atoms with Crippen molar-refractivity contribution in [1.82, 2.24) is 0 Å². The van der Waals surface area contributed by atoms with Gasteiger partial charge in [-0.1, -0.05) is 54.6 Å². The number of anilines is 2. The van der Waals surface area contributed by atoms with Gasteiger partial charge in [0.15, 0.2) is 6.61 Å². The molecular formula is C31H26N2O6. The van der Waals surface area contributed by atoms with E-state index < -0.39 is 5.97 Å². The number of hydrogen-bond donors (Lipinski definition) is 2. The van der Waals surface area contributed by atoms with Crippen molar-refractivity contribution in [2.75, 3.05) is 23.9 Å². The Labute approximate surface area is 225 Å². The zero-order valence-electron chi connectivity index (χ0n) is 21.2. The number of benzene rings is 4. The minimum absolute atomic E-state index is 0.111. The summed E-state index contributed by atoms with van der Waals surface area (Å²) in [7, 11) is 1.59. The van der Waals surface area contributed by atoms with E-state index in [9.17, 15) is 19.5 Å². The smallest absolute Gasteiger partial charge is 0.336 e. The Morgan fingerprint density at radius 1 is 0.949 bits per heavy atom. The summed E-state index contributed by atoms with van der Waals surface area (Å²) in [6.07, 6.45) is 0.208. The number of methoxy groups -OCH3 is 1. The zero-order chi connectivity index (χ0) is 27.4. The van der Waals surface area contributed by atoms with Gasteiger partial charge in [0.2, 0.25) is 5.91 Å². The predicted octanol–water partition coefficient (Wildman–Crippen LogP) is 5.17. The van der Waals surface area contributed by atoms with Gasteiger partial charge in [-0.15, -0.1) is 0 Å². The first kappa shape index (κ1) is 25.5. The number of amides is 2. The molecule has 5 rings (SSSR count). The normalized spacial score (nSPS) is 12.3. The average molecular weight is 523 g/mol. The lowest BCUT2D eigenvalue weighted by atomic mass is 9.98. The number of ether oxygens (including phenoxy) is 2. The Balaban J connectivity index is 1.29. The van der Waals surface area contributed by atoms with Gasteiger partial charge in [0, 0.05) is 11.8 Å². The number of rotatable bonds is 8. The molecule has 0 spiro atoms. The minimum Gasteiger partial charge on any atom is -0.497 e. The summed E-state index contributed by atoms with van der Waals surface area (Å²) >= 11 is 0. The van der Waals surface area contributed by atoms with Gasteiger partial charge in [-0.2, -0.15) is 0 Å². The molecule has 4 aromatic rings.